The summed E-state index contributed by atoms with van der Waals surface area (Å²) >= 11 is 6.82. The van der Waals surface area contributed by atoms with Gasteiger partial charge in [-0.15, -0.1) is 0 Å². The number of rotatable bonds is 5. The van der Waals surface area contributed by atoms with E-state index in [1.165, 1.54) is 16.4 Å². The zero-order chi connectivity index (χ0) is 20.2. The molecule has 27 heavy (non-hydrogen) atoms. The van der Waals surface area contributed by atoms with Gasteiger partial charge in [0.15, 0.2) is 0 Å². The van der Waals surface area contributed by atoms with Gasteiger partial charge in [0.05, 0.1) is 25.3 Å². The summed E-state index contributed by atoms with van der Waals surface area (Å²) in [4.78, 5) is 12.6. The highest BCUT2D eigenvalue weighted by molar-refractivity contribution is 8.15. The van der Waals surface area contributed by atoms with E-state index in [1.807, 2.05) is 36.1 Å². The van der Waals surface area contributed by atoms with Gasteiger partial charge in [-0.25, -0.2) is 9.10 Å². The zero-order valence-electron chi connectivity index (χ0n) is 16.8. The molecular weight excluding hydrogens is 403 g/mol. The maximum Gasteiger partial charge on any atom is 0.426 e. The molecule has 1 fully saturated rings. The van der Waals surface area contributed by atoms with Crippen molar-refractivity contribution < 1.29 is 18.6 Å². The normalized spacial score (nSPS) is 17.2. The van der Waals surface area contributed by atoms with E-state index in [9.17, 15) is 4.79 Å². The van der Waals surface area contributed by atoms with Crippen molar-refractivity contribution in [3.8, 4) is 5.75 Å². The Balaban J connectivity index is 2.06. The lowest BCUT2D eigenvalue weighted by Crippen LogP contribution is -2.33. The van der Waals surface area contributed by atoms with Crippen molar-refractivity contribution >= 4 is 36.7 Å². The van der Waals surface area contributed by atoms with Gasteiger partial charge in [0.1, 0.15) is 5.75 Å². The second kappa shape index (κ2) is 9.25. The first kappa shape index (κ1) is 22.7. The molecule has 0 saturated carbocycles. The number of carbonyl (C=O) groups is 1. The number of hydrogen-bond acceptors (Lipinski definition) is 6. The van der Waals surface area contributed by atoms with E-state index in [0.29, 0.717) is 19.0 Å². The van der Waals surface area contributed by atoms with Crippen molar-refractivity contribution in [2.24, 2.45) is 0 Å². The predicted octanol–water partition coefficient (Wildman–Crippen LogP) is 5.35. The van der Waals surface area contributed by atoms with Gasteiger partial charge in [-0.2, -0.15) is 4.08 Å². The van der Waals surface area contributed by atoms with E-state index in [2.05, 4.69) is 20.8 Å². The summed E-state index contributed by atoms with van der Waals surface area (Å²) in [6.07, 6.45) is 0.354. The summed E-state index contributed by atoms with van der Waals surface area (Å²) in [6, 6.07) is 7.63. The Kier molecular flexibility index (Phi) is 7.76. The molecular formula is C18H29N2O4PS2. The third kappa shape index (κ3) is 6.17. The van der Waals surface area contributed by atoms with Crippen LogP contribution < -0.4 is 4.74 Å². The van der Waals surface area contributed by atoms with Gasteiger partial charge in [-0.1, -0.05) is 32.9 Å². The Morgan fingerprint density at radius 2 is 1.93 bits per heavy atom. The maximum atomic E-state index is 12.6. The second-order valence-electron chi connectivity index (χ2n) is 7.61. The van der Waals surface area contributed by atoms with E-state index in [1.54, 1.807) is 13.1 Å². The Labute approximate surface area is 172 Å². The number of nitrogens with zero attached hydrogens (tertiary/aromatic N) is 2. The van der Waals surface area contributed by atoms with Gasteiger partial charge in [0.25, 0.3) is 6.64 Å². The van der Waals surface area contributed by atoms with Crippen LogP contribution in [0.4, 0.5) is 4.79 Å². The molecule has 1 aliphatic heterocycles. The summed E-state index contributed by atoms with van der Waals surface area (Å²) < 4.78 is 20.4. The van der Waals surface area contributed by atoms with Crippen molar-refractivity contribution in [2.75, 3.05) is 20.3 Å². The van der Waals surface area contributed by atoms with Gasteiger partial charge in [0, 0.05) is 13.1 Å². The summed E-state index contributed by atoms with van der Waals surface area (Å²) in [5.41, 5.74) is 1.08. The average Bonchev–Trinajstić information content (AvgIpc) is 2.59. The largest absolute Gasteiger partial charge is 0.426 e. The Morgan fingerprint density at radius 1 is 1.30 bits per heavy atom. The fraction of sp³-hybridized carbons (Fsp3) is 0.611. The molecule has 1 heterocycles. The van der Waals surface area contributed by atoms with Gasteiger partial charge in [-0.05, 0) is 55.2 Å². The minimum absolute atomic E-state index is 0.0215. The van der Waals surface area contributed by atoms with Gasteiger partial charge < -0.3 is 13.8 Å². The highest BCUT2D eigenvalue weighted by Crippen LogP contribution is 2.59. The van der Waals surface area contributed by atoms with Crippen LogP contribution >= 0.6 is 18.8 Å². The van der Waals surface area contributed by atoms with Crippen LogP contribution in [0.1, 0.15) is 46.6 Å². The highest BCUT2D eigenvalue weighted by atomic mass is 32.5. The number of ether oxygens (including phenoxy) is 1. The minimum Gasteiger partial charge on any atom is -0.410 e. The molecule has 1 saturated heterocycles. The fourth-order valence-corrected chi connectivity index (χ4v) is 6.72. The molecule has 0 unspecified atom stereocenters. The van der Waals surface area contributed by atoms with Crippen LogP contribution in [0.3, 0.4) is 0 Å². The molecule has 152 valence electrons. The Morgan fingerprint density at radius 3 is 2.48 bits per heavy atom. The number of benzene rings is 1. The highest BCUT2D eigenvalue weighted by Gasteiger charge is 2.36. The molecule has 6 nitrogen and oxygen atoms in total. The molecule has 0 aromatic heterocycles. The number of carbonyl (C=O) groups excluding carboxylic acids is 1. The molecule has 9 heteroatoms. The van der Waals surface area contributed by atoms with Crippen molar-refractivity contribution in [1.82, 2.24) is 8.38 Å². The maximum absolute atomic E-state index is 12.6. The van der Waals surface area contributed by atoms with Gasteiger partial charge in [-0.3, -0.25) is 0 Å². The van der Waals surface area contributed by atoms with Gasteiger partial charge in [0.2, 0.25) is 0 Å². The smallest absolute Gasteiger partial charge is 0.410 e. The van der Waals surface area contributed by atoms with Crippen LogP contribution in [-0.4, -0.2) is 40.8 Å². The molecule has 1 aliphatic rings. The van der Waals surface area contributed by atoms with Crippen molar-refractivity contribution in [1.29, 1.82) is 0 Å². The number of amides is 1. The SMILES string of the molecule is CC(C)N(SN(C)C(=O)Oc1cccc(C(C)(C)C)c1)P1(=S)OCCCO1. The first-order chi connectivity index (χ1) is 12.5. The van der Waals surface area contributed by atoms with Crippen LogP contribution in [0.5, 0.6) is 5.75 Å². The molecule has 0 spiro atoms. The van der Waals surface area contributed by atoms with Crippen LogP contribution in [0.2, 0.25) is 0 Å². The summed E-state index contributed by atoms with van der Waals surface area (Å²) in [7, 11) is 1.65. The first-order valence-electron chi connectivity index (χ1n) is 8.96. The van der Waals surface area contributed by atoms with Crippen molar-refractivity contribution in [3.63, 3.8) is 0 Å². The fourth-order valence-electron chi connectivity index (χ4n) is 2.34. The van der Waals surface area contributed by atoms with E-state index < -0.39 is 12.7 Å². The van der Waals surface area contributed by atoms with Crippen LogP contribution in [0.25, 0.3) is 0 Å². The van der Waals surface area contributed by atoms with Crippen molar-refractivity contribution in [3.05, 3.63) is 29.8 Å². The second-order valence-corrected chi connectivity index (χ2v) is 12.3. The monoisotopic (exact) mass is 432 g/mol. The van der Waals surface area contributed by atoms with Crippen LogP contribution in [0, 0.1) is 0 Å². The quantitative estimate of drug-likeness (QED) is 0.459. The lowest BCUT2D eigenvalue weighted by atomic mass is 9.87. The molecule has 1 amide bonds. The van der Waals surface area contributed by atoms with E-state index in [4.69, 9.17) is 25.6 Å². The molecule has 0 N–H and O–H groups in total. The predicted molar refractivity (Wildman–Crippen MR) is 114 cm³/mol. The summed E-state index contributed by atoms with van der Waals surface area (Å²) in [6.45, 7) is 8.89. The van der Waals surface area contributed by atoms with E-state index >= 15 is 0 Å². The first-order valence-corrected chi connectivity index (χ1v) is 12.3. The molecule has 0 bridgehead atoms. The standard InChI is InChI=1S/C18H29N2O4PS2/c1-14(2)20(25(26)22-11-8-12-23-25)27-19(6)17(21)24-16-10-7-9-15(13-16)18(3,4)5/h7,9-10,13-14H,8,11-12H2,1-6H3. The molecule has 1 aromatic rings. The van der Waals surface area contributed by atoms with E-state index in [0.717, 1.165) is 12.0 Å². The topological polar surface area (TPSA) is 51.2 Å². The Hall–Kier alpha value is -0.630. The molecule has 0 aliphatic carbocycles. The number of hydrogen-bond donors (Lipinski definition) is 0. The third-order valence-electron chi connectivity index (χ3n) is 3.85. The summed E-state index contributed by atoms with van der Waals surface area (Å²) in [5, 5.41) is 0. The molecule has 0 radical (unpaired) electrons. The van der Waals surface area contributed by atoms with Crippen molar-refractivity contribution in [2.45, 2.75) is 52.5 Å². The lowest BCUT2D eigenvalue weighted by Gasteiger charge is -2.38. The van der Waals surface area contributed by atoms with Crippen LogP contribution in [0.15, 0.2) is 24.3 Å². The van der Waals surface area contributed by atoms with Gasteiger partial charge >= 0.3 is 6.09 Å². The molecule has 2 rings (SSSR count). The Bertz CT molecular complexity index is 699. The third-order valence-corrected chi connectivity index (χ3v) is 9.13. The summed E-state index contributed by atoms with van der Waals surface area (Å²) in [5.74, 6) is 0.518. The lowest BCUT2D eigenvalue weighted by molar-refractivity contribution is 0.157. The zero-order valence-corrected chi connectivity index (χ0v) is 19.3. The van der Waals surface area contributed by atoms with Crippen LogP contribution in [-0.2, 0) is 26.3 Å². The average molecular weight is 433 g/mol. The molecule has 1 aromatic carbocycles. The van der Waals surface area contributed by atoms with E-state index in [-0.39, 0.29) is 11.5 Å². The molecule has 0 atom stereocenters. The minimum atomic E-state index is -2.61.